The molecule has 0 unspecified atom stereocenters. The summed E-state index contributed by atoms with van der Waals surface area (Å²) in [5, 5.41) is 8.25. The lowest BCUT2D eigenvalue weighted by atomic mass is 10.2. The zero-order chi connectivity index (χ0) is 19.9. The van der Waals surface area contributed by atoms with Gasteiger partial charge in [-0.15, -0.1) is 5.10 Å². The standard InChI is InChI=1S/C20H21N3O4S/c1-14(24)21-20-22-23(15(2)25)19(28-20)16-8-10-18(11-9-16)27-13-12-26-17-6-4-3-5-7-17/h3-11,19H,12-13H2,1-2H3,(H,21,22,24)/t19-/m1/s1. The summed E-state index contributed by atoms with van der Waals surface area (Å²) in [5.41, 5.74) is 0.886. The molecule has 0 aliphatic carbocycles. The summed E-state index contributed by atoms with van der Waals surface area (Å²) >= 11 is 1.32. The van der Waals surface area contributed by atoms with Gasteiger partial charge in [0, 0.05) is 13.8 Å². The third kappa shape index (κ3) is 5.26. The zero-order valence-corrected chi connectivity index (χ0v) is 16.4. The molecule has 28 heavy (non-hydrogen) atoms. The molecule has 3 rings (SSSR count). The van der Waals surface area contributed by atoms with Gasteiger partial charge in [0.15, 0.2) is 5.17 Å². The number of amides is 2. The molecule has 0 radical (unpaired) electrons. The number of nitrogens with zero attached hydrogens (tertiary/aromatic N) is 2. The van der Waals surface area contributed by atoms with Crippen molar-refractivity contribution in [3.8, 4) is 11.5 Å². The van der Waals surface area contributed by atoms with E-state index in [0.717, 1.165) is 11.3 Å². The number of para-hydroxylation sites is 1. The van der Waals surface area contributed by atoms with Crippen LogP contribution >= 0.6 is 11.8 Å². The second-order valence-corrected chi connectivity index (χ2v) is 7.07. The Balaban J connectivity index is 1.54. The maximum absolute atomic E-state index is 11.9. The molecule has 1 N–H and O–H groups in total. The first-order valence-corrected chi connectivity index (χ1v) is 9.64. The molecule has 0 saturated heterocycles. The van der Waals surface area contributed by atoms with E-state index in [9.17, 15) is 9.59 Å². The summed E-state index contributed by atoms with van der Waals surface area (Å²) in [6.45, 7) is 3.71. The Morgan fingerprint density at radius 2 is 1.61 bits per heavy atom. The minimum atomic E-state index is -0.324. The predicted molar refractivity (Wildman–Crippen MR) is 108 cm³/mol. The highest BCUT2D eigenvalue weighted by atomic mass is 32.2. The summed E-state index contributed by atoms with van der Waals surface area (Å²) in [6.07, 6.45) is 0. The van der Waals surface area contributed by atoms with Crippen LogP contribution in [0.2, 0.25) is 0 Å². The molecule has 2 aromatic carbocycles. The SMILES string of the molecule is CC(=O)NC1=NN(C(C)=O)[C@@H](c2ccc(OCCOc3ccccc3)cc2)S1. The third-order valence-electron chi connectivity index (χ3n) is 3.78. The van der Waals surface area contributed by atoms with E-state index in [4.69, 9.17) is 9.47 Å². The smallest absolute Gasteiger partial charge is 0.241 e. The van der Waals surface area contributed by atoms with Crippen LogP contribution < -0.4 is 14.8 Å². The van der Waals surface area contributed by atoms with Gasteiger partial charge in [-0.3, -0.25) is 9.59 Å². The lowest BCUT2D eigenvalue weighted by molar-refractivity contribution is -0.129. The molecule has 0 bridgehead atoms. The number of thioether (sulfide) groups is 1. The van der Waals surface area contributed by atoms with Crippen molar-refractivity contribution in [3.63, 3.8) is 0 Å². The normalized spacial score (nSPS) is 15.7. The topological polar surface area (TPSA) is 80.2 Å². The molecule has 1 atom stereocenters. The van der Waals surface area contributed by atoms with Crippen LogP contribution in [-0.4, -0.2) is 35.2 Å². The van der Waals surface area contributed by atoms with Gasteiger partial charge in [0.1, 0.15) is 30.1 Å². The minimum Gasteiger partial charge on any atom is -0.490 e. The van der Waals surface area contributed by atoms with E-state index in [2.05, 4.69) is 10.4 Å². The van der Waals surface area contributed by atoms with Crippen LogP contribution in [0.5, 0.6) is 11.5 Å². The van der Waals surface area contributed by atoms with Crippen LogP contribution in [0.3, 0.4) is 0 Å². The van der Waals surface area contributed by atoms with Gasteiger partial charge in [-0.25, -0.2) is 5.01 Å². The summed E-state index contributed by atoms with van der Waals surface area (Å²) in [7, 11) is 0. The van der Waals surface area contributed by atoms with Gasteiger partial charge in [-0.2, -0.15) is 0 Å². The van der Waals surface area contributed by atoms with Crippen LogP contribution in [0.4, 0.5) is 0 Å². The van der Waals surface area contributed by atoms with E-state index in [0.29, 0.717) is 24.1 Å². The summed E-state index contributed by atoms with van der Waals surface area (Å²) in [4.78, 5) is 23.1. The zero-order valence-electron chi connectivity index (χ0n) is 15.6. The predicted octanol–water partition coefficient (Wildman–Crippen LogP) is 3.15. The highest BCUT2D eigenvalue weighted by Crippen LogP contribution is 2.39. The van der Waals surface area contributed by atoms with E-state index in [1.54, 1.807) is 0 Å². The minimum absolute atomic E-state index is 0.198. The molecule has 2 aromatic rings. The van der Waals surface area contributed by atoms with E-state index in [-0.39, 0.29) is 17.2 Å². The highest BCUT2D eigenvalue weighted by molar-refractivity contribution is 8.14. The van der Waals surface area contributed by atoms with Gasteiger partial charge >= 0.3 is 0 Å². The summed E-state index contributed by atoms with van der Waals surface area (Å²) in [5.74, 6) is 1.09. The molecule has 0 spiro atoms. The lowest BCUT2D eigenvalue weighted by Crippen LogP contribution is -2.25. The maximum Gasteiger partial charge on any atom is 0.241 e. The van der Waals surface area contributed by atoms with Gasteiger partial charge in [-0.05, 0) is 29.8 Å². The number of carbonyl (C=O) groups excluding carboxylic acids is 2. The Bertz CT molecular complexity index is 856. The third-order valence-corrected chi connectivity index (χ3v) is 4.88. The molecule has 1 heterocycles. The number of hydrogen-bond acceptors (Lipinski definition) is 6. The van der Waals surface area contributed by atoms with Crippen LogP contribution in [0.15, 0.2) is 59.7 Å². The van der Waals surface area contributed by atoms with Crippen molar-refractivity contribution in [2.24, 2.45) is 5.10 Å². The second-order valence-electron chi connectivity index (χ2n) is 6.00. The van der Waals surface area contributed by atoms with E-state index < -0.39 is 0 Å². The average molecular weight is 399 g/mol. The van der Waals surface area contributed by atoms with Crippen molar-refractivity contribution < 1.29 is 19.1 Å². The Labute approximate surface area is 167 Å². The van der Waals surface area contributed by atoms with Crippen molar-refractivity contribution in [3.05, 3.63) is 60.2 Å². The van der Waals surface area contributed by atoms with Gasteiger partial charge in [-0.1, -0.05) is 42.1 Å². The fraction of sp³-hybridized carbons (Fsp3) is 0.250. The van der Waals surface area contributed by atoms with Gasteiger partial charge in [0.25, 0.3) is 0 Å². The number of benzene rings is 2. The first kappa shape index (κ1) is 19.8. The summed E-state index contributed by atoms with van der Waals surface area (Å²) < 4.78 is 11.3. The highest BCUT2D eigenvalue weighted by Gasteiger charge is 2.32. The van der Waals surface area contributed by atoms with E-state index in [1.165, 1.54) is 30.6 Å². The first-order valence-electron chi connectivity index (χ1n) is 8.76. The van der Waals surface area contributed by atoms with Gasteiger partial charge in [0.05, 0.1) is 0 Å². The van der Waals surface area contributed by atoms with E-state index in [1.807, 2.05) is 54.6 Å². The second kappa shape index (κ2) is 9.27. The summed E-state index contributed by atoms with van der Waals surface area (Å²) in [6, 6.07) is 17.0. The van der Waals surface area contributed by atoms with Crippen molar-refractivity contribution in [1.29, 1.82) is 0 Å². The molecule has 146 valence electrons. The number of hydrazone groups is 1. The monoisotopic (exact) mass is 399 g/mol. The van der Waals surface area contributed by atoms with Crippen molar-refractivity contribution >= 4 is 28.7 Å². The van der Waals surface area contributed by atoms with Gasteiger partial charge in [0.2, 0.25) is 11.8 Å². The Morgan fingerprint density at radius 3 is 2.18 bits per heavy atom. The number of nitrogens with one attached hydrogen (secondary N) is 1. The van der Waals surface area contributed by atoms with Crippen LogP contribution in [0.25, 0.3) is 0 Å². The van der Waals surface area contributed by atoms with Crippen LogP contribution in [-0.2, 0) is 9.59 Å². The van der Waals surface area contributed by atoms with Gasteiger partial charge < -0.3 is 14.8 Å². The number of ether oxygens (including phenoxy) is 2. The fourth-order valence-electron chi connectivity index (χ4n) is 2.54. The fourth-order valence-corrected chi connectivity index (χ4v) is 3.68. The molecule has 1 aliphatic rings. The number of hydrogen-bond donors (Lipinski definition) is 1. The Morgan fingerprint density at radius 1 is 1.00 bits per heavy atom. The van der Waals surface area contributed by atoms with E-state index >= 15 is 0 Å². The molecular weight excluding hydrogens is 378 g/mol. The first-order chi connectivity index (χ1) is 13.5. The van der Waals surface area contributed by atoms with Crippen LogP contribution in [0.1, 0.15) is 24.8 Å². The lowest BCUT2D eigenvalue weighted by Gasteiger charge is -2.19. The molecule has 7 nitrogen and oxygen atoms in total. The molecular formula is C20H21N3O4S. The molecule has 0 saturated carbocycles. The number of amidine groups is 1. The molecule has 2 amide bonds. The molecule has 1 aliphatic heterocycles. The molecule has 8 heteroatoms. The molecule has 0 fully saturated rings. The van der Waals surface area contributed by atoms with Crippen LogP contribution in [0, 0.1) is 0 Å². The Hall–Kier alpha value is -3.00. The number of carbonyl (C=O) groups is 2. The number of rotatable bonds is 6. The average Bonchev–Trinajstić information content (AvgIpc) is 3.10. The van der Waals surface area contributed by atoms with Crippen molar-refractivity contribution in [1.82, 2.24) is 10.3 Å². The molecule has 0 aromatic heterocycles. The Kier molecular flexibility index (Phi) is 6.54. The van der Waals surface area contributed by atoms with Crippen molar-refractivity contribution in [2.45, 2.75) is 19.2 Å². The maximum atomic E-state index is 11.9. The quantitative estimate of drug-likeness (QED) is 0.755. The van der Waals surface area contributed by atoms with Crippen molar-refractivity contribution in [2.75, 3.05) is 13.2 Å². The largest absolute Gasteiger partial charge is 0.490 e.